The van der Waals surface area contributed by atoms with Gasteiger partial charge < -0.3 is 10.1 Å². The van der Waals surface area contributed by atoms with Crippen LogP contribution in [0.3, 0.4) is 0 Å². The minimum absolute atomic E-state index is 0.473. The summed E-state index contributed by atoms with van der Waals surface area (Å²) in [6, 6.07) is 0.677. The van der Waals surface area contributed by atoms with E-state index in [0.29, 0.717) is 18.1 Å². The molecule has 66 valence electrons. The van der Waals surface area contributed by atoms with E-state index in [4.69, 9.17) is 4.74 Å². The van der Waals surface area contributed by atoms with Crippen LogP contribution < -0.4 is 5.32 Å². The third-order valence-corrected chi connectivity index (χ3v) is 2.47. The summed E-state index contributed by atoms with van der Waals surface area (Å²) in [5.41, 5.74) is 0. The first-order valence-electron chi connectivity index (χ1n) is 4.53. The lowest BCUT2D eigenvalue weighted by atomic mass is 9.96. The molecule has 0 spiro atoms. The molecule has 2 nitrogen and oxygen atoms in total. The van der Waals surface area contributed by atoms with Gasteiger partial charge in [0.15, 0.2) is 0 Å². The molecule has 0 saturated carbocycles. The second kappa shape index (κ2) is 4.07. The van der Waals surface area contributed by atoms with E-state index in [2.05, 4.69) is 19.2 Å². The molecule has 2 unspecified atom stereocenters. The molecule has 2 heteroatoms. The van der Waals surface area contributed by atoms with Crippen molar-refractivity contribution in [1.29, 1.82) is 0 Å². The van der Waals surface area contributed by atoms with Crippen LogP contribution in [0.2, 0.25) is 0 Å². The lowest BCUT2D eigenvalue weighted by Gasteiger charge is -2.31. The summed E-state index contributed by atoms with van der Waals surface area (Å²) in [5, 5.41) is 3.31. The van der Waals surface area contributed by atoms with Crippen molar-refractivity contribution in [2.24, 2.45) is 5.92 Å². The number of hydrogen-bond donors (Lipinski definition) is 1. The maximum Gasteiger partial charge on any atom is 0.0612 e. The molecular formula is C9H19NO. The highest BCUT2D eigenvalue weighted by Crippen LogP contribution is 2.19. The lowest BCUT2D eigenvalue weighted by molar-refractivity contribution is -0.0232. The van der Waals surface area contributed by atoms with Crippen molar-refractivity contribution in [3.8, 4) is 0 Å². The highest BCUT2D eigenvalue weighted by atomic mass is 16.5. The molecule has 0 aromatic heterocycles. The molecule has 1 rings (SSSR count). The van der Waals surface area contributed by atoms with Gasteiger partial charge in [0.1, 0.15) is 0 Å². The molecule has 11 heavy (non-hydrogen) atoms. The highest BCUT2D eigenvalue weighted by molar-refractivity contribution is 4.77. The summed E-state index contributed by atoms with van der Waals surface area (Å²) in [4.78, 5) is 0. The minimum atomic E-state index is 0.473. The van der Waals surface area contributed by atoms with Crippen molar-refractivity contribution in [3.05, 3.63) is 0 Å². The van der Waals surface area contributed by atoms with E-state index in [1.165, 1.54) is 12.8 Å². The van der Waals surface area contributed by atoms with Crippen LogP contribution in [0.25, 0.3) is 0 Å². The fourth-order valence-corrected chi connectivity index (χ4v) is 1.55. The Hall–Kier alpha value is -0.0800. The molecule has 0 amide bonds. The maximum atomic E-state index is 5.63. The van der Waals surface area contributed by atoms with E-state index in [9.17, 15) is 0 Å². The Morgan fingerprint density at radius 3 is 2.73 bits per heavy atom. The standard InChI is InChI=1S/C9H19NO/c1-7(2)9-6-8(10-3)4-5-11-9/h7-10H,4-6H2,1-3H3. The first-order chi connectivity index (χ1) is 5.24. The van der Waals surface area contributed by atoms with E-state index in [-0.39, 0.29) is 0 Å². The second-order valence-corrected chi connectivity index (χ2v) is 3.66. The Morgan fingerprint density at radius 2 is 2.18 bits per heavy atom. The molecule has 1 aliphatic heterocycles. The van der Waals surface area contributed by atoms with Crippen molar-refractivity contribution < 1.29 is 4.74 Å². The van der Waals surface area contributed by atoms with Crippen LogP contribution in [0, 0.1) is 5.92 Å². The normalized spacial score (nSPS) is 32.7. The van der Waals surface area contributed by atoms with Crippen molar-refractivity contribution in [3.63, 3.8) is 0 Å². The summed E-state index contributed by atoms with van der Waals surface area (Å²) in [7, 11) is 2.04. The molecule has 0 radical (unpaired) electrons. The monoisotopic (exact) mass is 157 g/mol. The summed E-state index contributed by atoms with van der Waals surface area (Å²) in [6.45, 7) is 5.37. The van der Waals surface area contributed by atoms with Gasteiger partial charge in [0.2, 0.25) is 0 Å². The zero-order chi connectivity index (χ0) is 8.27. The zero-order valence-electron chi connectivity index (χ0n) is 7.76. The van der Waals surface area contributed by atoms with Crippen LogP contribution in [0.4, 0.5) is 0 Å². The van der Waals surface area contributed by atoms with Crippen LogP contribution in [0.5, 0.6) is 0 Å². The van der Waals surface area contributed by atoms with Crippen molar-refractivity contribution in [2.45, 2.75) is 38.8 Å². The topological polar surface area (TPSA) is 21.3 Å². The van der Waals surface area contributed by atoms with Crippen molar-refractivity contribution in [1.82, 2.24) is 5.32 Å². The molecule has 1 heterocycles. The fraction of sp³-hybridized carbons (Fsp3) is 1.00. The van der Waals surface area contributed by atoms with Crippen LogP contribution in [-0.2, 0) is 4.74 Å². The largest absolute Gasteiger partial charge is 0.378 e. The summed E-state index contributed by atoms with van der Waals surface area (Å²) in [5.74, 6) is 0.658. The number of ether oxygens (including phenoxy) is 1. The summed E-state index contributed by atoms with van der Waals surface area (Å²) < 4.78 is 5.63. The van der Waals surface area contributed by atoms with E-state index < -0.39 is 0 Å². The third kappa shape index (κ3) is 2.46. The first kappa shape index (κ1) is 9.01. The van der Waals surface area contributed by atoms with Gasteiger partial charge in [0, 0.05) is 12.6 Å². The van der Waals surface area contributed by atoms with Crippen LogP contribution in [-0.4, -0.2) is 25.8 Å². The number of hydrogen-bond acceptors (Lipinski definition) is 2. The summed E-state index contributed by atoms with van der Waals surface area (Å²) in [6.07, 6.45) is 2.81. The first-order valence-corrected chi connectivity index (χ1v) is 4.53. The van der Waals surface area contributed by atoms with Gasteiger partial charge in [-0.15, -0.1) is 0 Å². The molecule has 1 aliphatic rings. The Labute approximate surface area is 69.3 Å². The second-order valence-electron chi connectivity index (χ2n) is 3.66. The van der Waals surface area contributed by atoms with E-state index in [0.717, 1.165) is 6.61 Å². The van der Waals surface area contributed by atoms with Gasteiger partial charge in [-0.25, -0.2) is 0 Å². The molecule has 0 aromatic carbocycles. The van der Waals surface area contributed by atoms with Gasteiger partial charge in [-0.05, 0) is 25.8 Å². The van der Waals surface area contributed by atoms with Crippen LogP contribution >= 0.6 is 0 Å². The van der Waals surface area contributed by atoms with Crippen molar-refractivity contribution in [2.75, 3.05) is 13.7 Å². The highest BCUT2D eigenvalue weighted by Gasteiger charge is 2.23. The molecule has 1 fully saturated rings. The Bertz CT molecular complexity index is 114. The van der Waals surface area contributed by atoms with Gasteiger partial charge in [0.25, 0.3) is 0 Å². The average molecular weight is 157 g/mol. The Morgan fingerprint density at radius 1 is 1.45 bits per heavy atom. The van der Waals surface area contributed by atoms with Crippen LogP contribution in [0.1, 0.15) is 26.7 Å². The predicted molar refractivity (Wildman–Crippen MR) is 46.7 cm³/mol. The quantitative estimate of drug-likeness (QED) is 0.654. The Balaban J connectivity index is 2.33. The van der Waals surface area contributed by atoms with Crippen molar-refractivity contribution >= 4 is 0 Å². The van der Waals surface area contributed by atoms with E-state index in [1.807, 2.05) is 7.05 Å². The molecule has 0 aromatic rings. The molecule has 2 atom stereocenters. The molecule has 1 saturated heterocycles. The van der Waals surface area contributed by atoms with Gasteiger partial charge in [-0.2, -0.15) is 0 Å². The lowest BCUT2D eigenvalue weighted by Crippen LogP contribution is -2.39. The summed E-state index contributed by atoms with van der Waals surface area (Å²) >= 11 is 0. The third-order valence-electron chi connectivity index (χ3n) is 2.47. The Kier molecular flexibility index (Phi) is 3.34. The smallest absolute Gasteiger partial charge is 0.0612 e. The predicted octanol–water partition coefficient (Wildman–Crippen LogP) is 1.41. The molecule has 1 N–H and O–H groups in total. The number of rotatable bonds is 2. The molecule has 0 aliphatic carbocycles. The van der Waals surface area contributed by atoms with Gasteiger partial charge in [-0.3, -0.25) is 0 Å². The molecule has 0 bridgehead atoms. The SMILES string of the molecule is CNC1CCOC(C(C)C)C1. The van der Waals surface area contributed by atoms with Gasteiger partial charge in [-0.1, -0.05) is 13.8 Å². The number of nitrogens with one attached hydrogen (secondary N) is 1. The maximum absolute atomic E-state index is 5.63. The van der Waals surface area contributed by atoms with E-state index in [1.54, 1.807) is 0 Å². The molecular weight excluding hydrogens is 138 g/mol. The van der Waals surface area contributed by atoms with E-state index >= 15 is 0 Å². The average Bonchev–Trinajstić information content (AvgIpc) is 2.05. The van der Waals surface area contributed by atoms with Crippen LogP contribution in [0.15, 0.2) is 0 Å². The minimum Gasteiger partial charge on any atom is -0.378 e. The van der Waals surface area contributed by atoms with Gasteiger partial charge >= 0.3 is 0 Å². The van der Waals surface area contributed by atoms with Gasteiger partial charge in [0.05, 0.1) is 6.10 Å². The zero-order valence-corrected chi connectivity index (χ0v) is 7.76. The fourth-order valence-electron chi connectivity index (χ4n) is 1.55.